The Hall–Kier alpha value is -3.68. The van der Waals surface area contributed by atoms with Crippen LogP contribution in [0.25, 0.3) is 22.0 Å². The fraction of sp³-hybridized carbons (Fsp3) is 0.259. The number of carbonyl (C=O) groups excluding carboxylic acids is 1. The van der Waals surface area contributed by atoms with E-state index in [9.17, 15) is 9.90 Å². The molecule has 2 N–H and O–H groups in total. The van der Waals surface area contributed by atoms with Gasteiger partial charge < -0.3 is 24.3 Å². The minimum Gasteiger partial charge on any atom is -0.489 e. The molecule has 174 valence electrons. The Kier molecular flexibility index (Phi) is 6.04. The first-order valence-corrected chi connectivity index (χ1v) is 11.2. The summed E-state index contributed by atoms with van der Waals surface area (Å²) in [5.41, 5.74) is 3.13. The van der Waals surface area contributed by atoms with Crippen molar-refractivity contribution in [2.75, 3.05) is 20.3 Å². The maximum atomic E-state index is 12.3. The quantitative estimate of drug-likeness (QED) is 0.411. The SMILES string of the molecule is COC(=O)c1cc(-c2cnc[nH]2)c2ccc(OCc3cccc(C4(O)CCOCC4)c3)cc2c1. The molecule has 3 aromatic carbocycles. The highest BCUT2D eigenvalue weighted by Gasteiger charge is 2.31. The molecule has 1 fully saturated rings. The zero-order chi connectivity index (χ0) is 23.5. The summed E-state index contributed by atoms with van der Waals surface area (Å²) in [6.07, 6.45) is 4.50. The number of rotatable bonds is 6. The number of benzene rings is 3. The van der Waals surface area contributed by atoms with Crippen molar-refractivity contribution in [2.24, 2.45) is 0 Å². The van der Waals surface area contributed by atoms with Crippen LogP contribution in [0.3, 0.4) is 0 Å². The number of imidazole rings is 1. The number of ether oxygens (including phenoxy) is 3. The predicted molar refractivity (Wildman–Crippen MR) is 128 cm³/mol. The molecule has 1 aliphatic heterocycles. The van der Waals surface area contributed by atoms with Crippen molar-refractivity contribution < 1.29 is 24.1 Å². The maximum Gasteiger partial charge on any atom is 0.337 e. The van der Waals surface area contributed by atoms with E-state index in [0.717, 1.165) is 33.2 Å². The van der Waals surface area contributed by atoms with Crippen LogP contribution in [0, 0.1) is 0 Å². The lowest BCUT2D eigenvalue weighted by atomic mass is 9.86. The molecule has 0 unspecified atom stereocenters. The lowest BCUT2D eigenvalue weighted by Crippen LogP contribution is -2.33. The third-order valence-electron chi connectivity index (χ3n) is 6.32. The van der Waals surface area contributed by atoms with Crippen molar-refractivity contribution >= 4 is 16.7 Å². The number of aromatic amines is 1. The molecule has 1 saturated heterocycles. The van der Waals surface area contributed by atoms with E-state index in [-0.39, 0.29) is 0 Å². The third-order valence-corrected chi connectivity index (χ3v) is 6.32. The largest absolute Gasteiger partial charge is 0.489 e. The smallest absolute Gasteiger partial charge is 0.337 e. The van der Waals surface area contributed by atoms with E-state index in [4.69, 9.17) is 14.2 Å². The van der Waals surface area contributed by atoms with Gasteiger partial charge in [-0.05, 0) is 52.2 Å². The highest BCUT2D eigenvalue weighted by molar-refractivity contribution is 6.03. The van der Waals surface area contributed by atoms with E-state index < -0.39 is 11.6 Å². The molecule has 1 aliphatic rings. The molecule has 0 atom stereocenters. The van der Waals surface area contributed by atoms with Crippen LogP contribution in [-0.2, 0) is 21.7 Å². The Morgan fingerprint density at radius 3 is 2.76 bits per heavy atom. The number of aromatic nitrogens is 2. The fourth-order valence-corrected chi connectivity index (χ4v) is 4.41. The van der Waals surface area contributed by atoms with Gasteiger partial charge in [-0.15, -0.1) is 0 Å². The summed E-state index contributed by atoms with van der Waals surface area (Å²) in [6, 6.07) is 17.3. The monoisotopic (exact) mass is 458 g/mol. The first-order valence-electron chi connectivity index (χ1n) is 11.2. The third kappa shape index (κ3) is 4.40. The van der Waals surface area contributed by atoms with Crippen molar-refractivity contribution in [1.82, 2.24) is 9.97 Å². The van der Waals surface area contributed by atoms with Crippen molar-refractivity contribution in [3.63, 3.8) is 0 Å². The second kappa shape index (κ2) is 9.29. The topological polar surface area (TPSA) is 93.7 Å². The lowest BCUT2D eigenvalue weighted by molar-refractivity contribution is -0.0679. The van der Waals surface area contributed by atoms with Gasteiger partial charge in [-0.1, -0.05) is 24.3 Å². The molecule has 1 aromatic heterocycles. The number of methoxy groups -OCH3 is 1. The normalized spacial score (nSPS) is 15.2. The molecule has 0 amide bonds. The van der Waals surface area contributed by atoms with Crippen LogP contribution in [0.15, 0.2) is 67.1 Å². The van der Waals surface area contributed by atoms with Gasteiger partial charge in [0.2, 0.25) is 0 Å². The van der Waals surface area contributed by atoms with Crippen molar-refractivity contribution in [3.8, 4) is 17.0 Å². The molecule has 0 bridgehead atoms. The zero-order valence-electron chi connectivity index (χ0n) is 18.9. The van der Waals surface area contributed by atoms with Gasteiger partial charge in [0, 0.05) is 31.6 Å². The van der Waals surface area contributed by atoms with Gasteiger partial charge in [0.1, 0.15) is 12.4 Å². The van der Waals surface area contributed by atoms with Crippen LogP contribution < -0.4 is 4.74 Å². The minimum absolute atomic E-state index is 0.357. The molecule has 7 nitrogen and oxygen atoms in total. The molecular weight excluding hydrogens is 432 g/mol. The summed E-state index contributed by atoms with van der Waals surface area (Å²) in [7, 11) is 1.37. The van der Waals surface area contributed by atoms with E-state index in [1.807, 2.05) is 42.5 Å². The highest BCUT2D eigenvalue weighted by Crippen LogP contribution is 2.34. The molecule has 5 rings (SSSR count). The number of fused-ring (bicyclic) bond motifs is 1. The summed E-state index contributed by atoms with van der Waals surface area (Å²) in [6.45, 7) is 1.47. The minimum atomic E-state index is -0.857. The zero-order valence-corrected chi connectivity index (χ0v) is 18.9. The molecule has 0 aliphatic carbocycles. The number of hydrogen-bond donors (Lipinski definition) is 2. The number of esters is 1. The second-order valence-corrected chi connectivity index (χ2v) is 8.50. The van der Waals surface area contributed by atoms with Crippen LogP contribution in [-0.4, -0.2) is 41.4 Å². The number of carbonyl (C=O) groups is 1. The van der Waals surface area contributed by atoms with Crippen molar-refractivity contribution in [3.05, 3.63) is 83.8 Å². The molecule has 7 heteroatoms. The molecule has 0 radical (unpaired) electrons. The van der Waals surface area contributed by atoms with E-state index in [1.54, 1.807) is 24.7 Å². The van der Waals surface area contributed by atoms with Crippen LogP contribution in [0.5, 0.6) is 5.75 Å². The molecule has 0 saturated carbocycles. The Morgan fingerprint density at radius 1 is 1.15 bits per heavy atom. The molecular formula is C27H26N2O5. The van der Waals surface area contributed by atoms with Crippen LogP contribution >= 0.6 is 0 Å². The highest BCUT2D eigenvalue weighted by atomic mass is 16.5. The van der Waals surface area contributed by atoms with E-state index >= 15 is 0 Å². The van der Waals surface area contributed by atoms with E-state index in [2.05, 4.69) is 9.97 Å². The standard InChI is InChI=1S/C27H26N2O5/c1-32-26(30)20-12-19-13-22(5-6-23(19)24(14-20)25-15-28-17-29-25)34-16-18-3-2-4-21(11-18)27(31)7-9-33-10-8-27/h2-6,11-15,17,31H,7-10,16H2,1H3,(H,28,29). The van der Waals surface area contributed by atoms with Gasteiger partial charge >= 0.3 is 5.97 Å². The predicted octanol–water partition coefficient (Wildman–Crippen LogP) is 4.59. The van der Waals surface area contributed by atoms with Crippen LogP contribution in [0.4, 0.5) is 0 Å². The van der Waals surface area contributed by atoms with Gasteiger partial charge in [-0.25, -0.2) is 9.78 Å². The Bertz CT molecular complexity index is 1310. The first kappa shape index (κ1) is 22.1. The number of hydrogen-bond acceptors (Lipinski definition) is 6. The maximum absolute atomic E-state index is 12.3. The molecule has 2 heterocycles. The first-order chi connectivity index (χ1) is 16.6. The average molecular weight is 459 g/mol. The number of aliphatic hydroxyl groups is 1. The summed E-state index contributed by atoms with van der Waals surface area (Å²) in [5.74, 6) is 0.275. The van der Waals surface area contributed by atoms with E-state index in [0.29, 0.717) is 44.0 Å². The second-order valence-electron chi connectivity index (χ2n) is 8.50. The summed E-state index contributed by atoms with van der Waals surface area (Å²) < 4.78 is 16.4. The van der Waals surface area contributed by atoms with Crippen molar-refractivity contribution in [2.45, 2.75) is 25.0 Å². The average Bonchev–Trinajstić information content (AvgIpc) is 3.42. The number of nitrogens with zero attached hydrogens (tertiary/aromatic N) is 1. The van der Waals surface area contributed by atoms with Gasteiger partial charge in [0.15, 0.2) is 0 Å². The molecule has 34 heavy (non-hydrogen) atoms. The Labute approximate surface area is 197 Å². The Morgan fingerprint density at radius 2 is 2.00 bits per heavy atom. The number of H-pyrrole nitrogens is 1. The van der Waals surface area contributed by atoms with E-state index in [1.165, 1.54) is 7.11 Å². The van der Waals surface area contributed by atoms with Gasteiger partial charge in [-0.3, -0.25) is 0 Å². The van der Waals surface area contributed by atoms with Gasteiger partial charge in [0.25, 0.3) is 0 Å². The molecule has 0 spiro atoms. The summed E-state index contributed by atoms with van der Waals surface area (Å²) in [4.78, 5) is 19.5. The van der Waals surface area contributed by atoms with Crippen LogP contribution in [0.2, 0.25) is 0 Å². The Balaban J connectivity index is 1.42. The molecule has 4 aromatic rings. The van der Waals surface area contributed by atoms with Crippen molar-refractivity contribution in [1.29, 1.82) is 0 Å². The summed E-state index contributed by atoms with van der Waals surface area (Å²) >= 11 is 0. The fourth-order valence-electron chi connectivity index (χ4n) is 4.41. The summed E-state index contributed by atoms with van der Waals surface area (Å²) in [5, 5.41) is 12.8. The number of nitrogens with one attached hydrogen (secondary N) is 1. The van der Waals surface area contributed by atoms with Gasteiger partial charge in [-0.2, -0.15) is 0 Å². The van der Waals surface area contributed by atoms with Crippen LogP contribution in [0.1, 0.15) is 34.3 Å². The van der Waals surface area contributed by atoms with Gasteiger partial charge in [0.05, 0.1) is 36.5 Å². The lowest BCUT2D eigenvalue weighted by Gasteiger charge is -2.32.